The van der Waals surface area contributed by atoms with E-state index in [9.17, 15) is 0 Å². The summed E-state index contributed by atoms with van der Waals surface area (Å²) in [4.78, 5) is 8.87. The summed E-state index contributed by atoms with van der Waals surface area (Å²) in [5, 5.41) is 10.2. The van der Waals surface area contributed by atoms with Crippen molar-refractivity contribution in [2.45, 2.75) is 33.2 Å². The quantitative estimate of drug-likeness (QED) is 0.797. The van der Waals surface area contributed by atoms with E-state index in [1.807, 2.05) is 19.1 Å². The highest BCUT2D eigenvalue weighted by Gasteiger charge is 2.04. The Morgan fingerprint density at radius 2 is 1.95 bits per heavy atom. The molecule has 2 heterocycles. The van der Waals surface area contributed by atoms with E-state index in [1.165, 1.54) is 0 Å². The minimum Gasteiger partial charge on any atom is -0.370 e. The minimum atomic E-state index is 0.563. The number of rotatable bonds is 7. The number of hydrogen-bond acceptors (Lipinski definition) is 6. The average Bonchev–Trinajstić information content (AvgIpc) is 2.96. The van der Waals surface area contributed by atoms with Crippen molar-refractivity contribution >= 4 is 11.6 Å². The van der Waals surface area contributed by atoms with Gasteiger partial charge in [-0.15, -0.1) is 0 Å². The first kappa shape index (κ1) is 13.3. The highest BCUT2D eigenvalue weighted by molar-refractivity contribution is 5.47. The lowest BCUT2D eigenvalue weighted by Gasteiger charge is -2.09. The Kier molecular flexibility index (Phi) is 4.72. The second-order valence-electron chi connectivity index (χ2n) is 4.17. The highest BCUT2D eigenvalue weighted by Crippen LogP contribution is 2.13. The molecular weight excluding hydrogens is 242 g/mol. The van der Waals surface area contributed by atoms with Gasteiger partial charge < -0.3 is 15.2 Å². The first-order valence-electron chi connectivity index (χ1n) is 6.57. The Balaban J connectivity index is 2.05. The Morgan fingerprint density at radius 1 is 1.16 bits per heavy atom. The lowest BCUT2D eigenvalue weighted by atomic mass is 10.4. The number of aromatic nitrogens is 3. The van der Waals surface area contributed by atoms with Crippen molar-refractivity contribution in [3.8, 4) is 0 Å². The van der Waals surface area contributed by atoms with Crippen LogP contribution in [-0.4, -0.2) is 21.7 Å². The molecule has 0 bridgehead atoms. The molecule has 0 radical (unpaired) electrons. The van der Waals surface area contributed by atoms with Crippen molar-refractivity contribution in [3.05, 3.63) is 29.9 Å². The normalized spacial score (nSPS) is 10.4. The number of nitrogens with one attached hydrogen (secondary N) is 2. The van der Waals surface area contributed by atoms with E-state index < -0.39 is 0 Å². The molecule has 2 aromatic heterocycles. The van der Waals surface area contributed by atoms with Gasteiger partial charge in [-0.05, 0) is 6.42 Å². The number of aryl methyl sites for hydroxylation is 1. The molecule has 0 aromatic carbocycles. The molecule has 0 fully saturated rings. The summed E-state index contributed by atoms with van der Waals surface area (Å²) in [6.07, 6.45) is 3.49. The Bertz CT molecular complexity index is 498. The SMILES string of the molecule is CCCNc1cc(NCc2ccno2)nc(CC)n1. The monoisotopic (exact) mass is 261 g/mol. The summed E-state index contributed by atoms with van der Waals surface area (Å²) in [6, 6.07) is 3.73. The molecule has 0 atom stereocenters. The fourth-order valence-corrected chi connectivity index (χ4v) is 1.60. The van der Waals surface area contributed by atoms with Crippen LogP contribution in [0.3, 0.4) is 0 Å². The molecule has 102 valence electrons. The summed E-state index contributed by atoms with van der Waals surface area (Å²) in [5.74, 6) is 3.25. The van der Waals surface area contributed by atoms with Gasteiger partial charge in [0.05, 0.1) is 12.7 Å². The van der Waals surface area contributed by atoms with Gasteiger partial charge in [0.15, 0.2) is 5.76 Å². The van der Waals surface area contributed by atoms with Gasteiger partial charge in [-0.1, -0.05) is 19.0 Å². The zero-order valence-corrected chi connectivity index (χ0v) is 11.3. The largest absolute Gasteiger partial charge is 0.370 e. The van der Waals surface area contributed by atoms with Gasteiger partial charge in [0.25, 0.3) is 0 Å². The van der Waals surface area contributed by atoms with E-state index in [4.69, 9.17) is 4.52 Å². The third-order valence-electron chi connectivity index (χ3n) is 2.58. The van der Waals surface area contributed by atoms with Gasteiger partial charge in [0.2, 0.25) is 0 Å². The molecule has 0 unspecified atom stereocenters. The third-order valence-corrected chi connectivity index (χ3v) is 2.58. The molecule has 0 spiro atoms. The van der Waals surface area contributed by atoms with Crippen LogP contribution in [0.25, 0.3) is 0 Å². The van der Waals surface area contributed by atoms with Crippen LogP contribution in [0.5, 0.6) is 0 Å². The number of anilines is 2. The molecule has 0 saturated heterocycles. The molecule has 6 heteroatoms. The zero-order chi connectivity index (χ0) is 13.5. The highest BCUT2D eigenvalue weighted by atomic mass is 16.5. The zero-order valence-electron chi connectivity index (χ0n) is 11.3. The predicted molar refractivity (Wildman–Crippen MR) is 74.0 cm³/mol. The standard InChI is InChI=1S/C13H19N5O/c1-3-6-14-12-8-13(18-11(4-2)17-12)15-9-10-5-7-16-19-10/h5,7-8H,3-4,6,9H2,1-2H3,(H2,14,15,17,18). The molecule has 19 heavy (non-hydrogen) atoms. The van der Waals surface area contributed by atoms with Crippen LogP contribution >= 0.6 is 0 Å². The molecule has 0 saturated carbocycles. The second-order valence-corrected chi connectivity index (χ2v) is 4.17. The van der Waals surface area contributed by atoms with Crippen molar-refractivity contribution in [1.29, 1.82) is 0 Å². The van der Waals surface area contributed by atoms with Crippen LogP contribution in [0.1, 0.15) is 31.9 Å². The molecule has 2 rings (SSSR count). The first-order chi connectivity index (χ1) is 9.31. The van der Waals surface area contributed by atoms with E-state index >= 15 is 0 Å². The molecule has 0 aliphatic rings. The van der Waals surface area contributed by atoms with E-state index in [2.05, 4.69) is 32.7 Å². The van der Waals surface area contributed by atoms with Crippen molar-refractivity contribution in [2.75, 3.05) is 17.2 Å². The number of nitrogens with zero attached hydrogens (tertiary/aromatic N) is 3. The summed E-state index contributed by atoms with van der Waals surface area (Å²) in [6.45, 7) is 5.63. The van der Waals surface area contributed by atoms with Crippen LogP contribution in [-0.2, 0) is 13.0 Å². The third kappa shape index (κ3) is 3.94. The molecule has 0 amide bonds. The number of hydrogen-bond donors (Lipinski definition) is 2. The summed E-state index contributed by atoms with van der Waals surface area (Å²) < 4.78 is 5.04. The van der Waals surface area contributed by atoms with Crippen molar-refractivity contribution in [2.24, 2.45) is 0 Å². The van der Waals surface area contributed by atoms with E-state index in [0.29, 0.717) is 6.54 Å². The summed E-state index contributed by atoms with van der Waals surface area (Å²) >= 11 is 0. The fourth-order valence-electron chi connectivity index (χ4n) is 1.60. The fraction of sp³-hybridized carbons (Fsp3) is 0.462. The van der Waals surface area contributed by atoms with Gasteiger partial charge in [0.1, 0.15) is 17.5 Å². The maximum Gasteiger partial charge on any atom is 0.155 e. The van der Waals surface area contributed by atoms with Crippen molar-refractivity contribution in [1.82, 2.24) is 15.1 Å². The van der Waals surface area contributed by atoms with Gasteiger partial charge in [0, 0.05) is 25.1 Å². The lowest BCUT2D eigenvalue weighted by molar-refractivity contribution is 0.388. The van der Waals surface area contributed by atoms with E-state index in [-0.39, 0.29) is 0 Å². The van der Waals surface area contributed by atoms with Gasteiger partial charge >= 0.3 is 0 Å². The predicted octanol–water partition coefficient (Wildman–Crippen LogP) is 2.46. The smallest absolute Gasteiger partial charge is 0.155 e. The van der Waals surface area contributed by atoms with Gasteiger partial charge in [-0.3, -0.25) is 0 Å². The van der Waals surface area contributed by atoms with Crippen molar-refractivity contribution in [3.63, 3.8) is 0 Å². The minimum absolute atomic E-state index is 0.563. The molecule has 6 nitrogen and oxygen atoms in total. The van der Waals surface area contributed by atoms with Crippen LogP contribution in [0.15, 0.2) is 22.9 Å². The molecule has 0 aliphatic heterocycles. The van der Waals surface area contributed by atoms with Crippen LogP contribution in [0.2, 0.25) is 0 Å². The second kappa shape index (κ2) is 6.72. The van der Waals surface area contributed by atoms with Crippen molar-refractivity contribution < 1.29 is 4.52 Å². The Labute approximate surface area is 112 Å². The van der Waals surface area contributed by atoms with E-state index in [0.717, 1.165) is 42.6 Å². The van der Waals surface area contributed by atoms with Crippen LogP contribution in [0.4, 0.5) is 11.6 Å². The topological polar surface area (TPSA) is 75.9 Å². The summed E-state index contributed by atoms with van der Waals surface area (Å²) in [7, 11) is 0. The van der Waals surface area contributed by atoms with Gasteiger partial charge in [-0.2, -0.15) is 0 Å². The lowest BCUT2D eigenvalue weighted by Crippen LogP contribution is -2.08. The first-order valence-corrected chi connectivity index (χ1v) is 6.57. The average molecular weight is 261 g/mol. The van der Waals surface area contributed by atoms with Gasteiger partial charge in [-0.25, -0.2) is 9.97 Å². The van der Waals surface area contributed by atoms with E-state index in [1.54, 1.807) is 6.20 Å². The molecule has 2 N–H and O–H groups in total. The Morgan fingerprint density at radius 3 is 2.58 bits per heavy atom. The molecular formula is C13H19N5O. The van der Waals surface area contributed by atoms with Crippen LogP contribution < -0.4 is 10.6 Å². The molecule has 2 aromatic rings. The Hall–Kier alpha value is -2.11. The maximum absolute atomic E-state index is 5.04. The summed E-state index contributed by atoms with van der Waals surface area (Å²) in [5.41, 5.74) is 0. The van der Waals surface area contributed by atoms with Crippen LogP contribution in [0, 0.1) is 0 Å². The molecule has 0 aliphatic carbocycles. The maximum atomic E-state index is 5.04.